The minimum atomic E-state index is -0.837. The molecule has 0 bridgehead atoms. The molecule has 0 saturated carbocycles. The van der Waals surface area contributed by atoms with Crippen molar-refractivity contribution in [2.24, 2.45) is 5.92 Å². The van der Waals surface area contributed by atoms with Crippen LogP contribution in [0.2, 0.25) is 0 Å². The van der Waals surface area contributed by atoms with Gasteiger partial charge in [-0.1, -0.05) is 26.0 Å². The van der Waals surface area contributed by atoms with Gasteiger partial charge in [0.2, 0.25) is 17.7 Å². The van der Waals surface area contributed by atoms with Crippen molar-refractivity contribution in [3.8, 4) is 0 Å². The third kappa shape index (κ3) is 15.1. The van der Waals surface area contributed by atoms with E-state index in [1.807, 2.05) is 0 Å². The molecule has 0 heterocycles. The molecule has 39 heavy (non-hydrogen) atoms. The van der Waals surface area contributed by atoms with Crippen molar-refractivity contribution >= 4 is 29.5 Å². The summed E-state index contributed by atoms with van der Waals surface area (Å²) in [4.78, 5) is 49.1. The molecule has 5 N–H and O–H groups in total. The first-order valence-corrected chi connectivity index (χ1v) is 13.0. The number of carbonyl (C=O) groups excluding carboxylic acids is 4. The van der Waals surface area contributed by atoms with Gasteiger partial charge >= 0.3 is 6.09 Å². The van der Waals surface area contributed by atoms with Crippen LogP contribution in [0.1, 0.15) is 53.5 Å². The predicted molar refractivity (Wildman–Crippen MR) is 146 cm³/mol. The Morgan fingerprint density at radius 3 is 2.05 bits per heavy atom. The van der Waals surface area contributed by atoms with Crippen LogP contribution in [0.25, 0.3) is 0 Å². The van der Waals surface area contributed by atoms with E-state index in [9.17, 15) is 19.2 Å². The van der Waals surface area contributed by atoms with Crippen molar-refractivity contribution in [2.75, 3.05) is 38.3 Å². The lowest BCUT2D eigenvalue weighted by Gasteiger charge is -2.24. The van der Waals surface area contributed by atoms with Crippen LogP contribution >= 0.6 is 0 Å². The van der Waals surface area contributed by atoms with E-state index >= 15 is 0 Å². The largest absolute Gasteiger partial charge is 0.444 e. The lowest BCUT2D eigenvalue weighted by atomic mass is 10.0. The van der Waals surface area contributed by atoms with Gasteiger partial charge in [-0.25, -0.2) is 4.79 Å². The number of benzene rings is 1. The quantitative estimate of drug-likeness (QED) is 0.193. The zero-order valence-electron chi connectivity index (χ0n) is 23.8. The van der Waals surface area contributed by atoms with E-state index in [4.69, 9.17) is 19.3 Å². The second kappa shape index (κ2) is 17.4. The summed E-state index contributed by atoms with van der Waals surface area (Å²) < 4.78 is 15.9. The van der Waals surface area contributed by atoms with Gasteiger partial charge in [-0.15, -0.1) is 0 Å². The Hall–Kier alpha value is -3.22. The highest BCUT2D eigenvalue weighted by Gasteiger charge is 2.27. The molecular formula is C27H44N4O8. The van der Waals surface area contributed by atoms with Gasteiger partial charge in [-0.05, 0) is 51.3 Å². The molecule has 0 saturated heterocycles. The number of rotatable bonds is 16. The van der Waals surface area contributed by atoms with E-state index in [2.05, 4.69) is 21.3 Å². The summed E-state index contributed by atoms with van der Waals surface area (Å²) >= 11 is 0. The first-order valence-electron chi connectivity index (χ1n) is 13.0. The molecule has 1 aromatic rings. The van der Waals surface area contributed by atoms with Crippen LogP contribution in [0, 0.1) is 5.92 Å². The van der Waals surface area contributed by atoms with Crippen molar-refractivity contribution in [1.82, 2.24) is 16.0 Å². The number of hydrogen-bond donors (Lipinski definition) is 5. The van der Waals surface area contributed by atoms with Crippen molar-refractivity contribution in [1.29, 1.82) is 0 Å². The maximum atomic E-state index is 12.8. The van der Waals surface area contributed by atoms with Crippen LogP contribution < -0.4 is 21.3 Å². The number of nitrogens with one attached hydrogen (secondary N) is 4. The third-order valence-electron chi connectivity index (χ3n) is 5.18. The van der Waals surface area contributed by atoms with Gasteiger partial charge in [0.05, 0.1) is 33.0 Å². The van der Waals surface area contributed by atoms with Gasteiger partial charge in [0.1, 0.15) is 17.7 Å². The van der Waals surface area contributed by atoms with E-state index in [0.717, 1.165) is 0 Å². The van der Waals surface area contributed by atoms with Crippen LogP contribution in [0.15, 0.2) is 24.3 Å². The molecule has 1 aromatic carbocycles. The second-order valence-corrected chi connectivity index (χ2v) is 10.3. The lowest BCUT2D eigenvalue weighted by Crippen LogP contribution is -2.53. The number of anilines is 1. The highest BCUT2D eigenvalue weighted by atomic mass is 16.6. The monoisotopic (exact) mass is 552 g/mol. The fourth-order valence-corrected chi connectivity index (χ4v) is 3.12. The minimum Gasteiger partial charge on any atom is -0.444 e. The summed E-state index contributed by atoms with van der Waals surface area (Å²) in [5, 5.41) is 19.7. The smallest absolute Gasteiger partial charge is 0.407 e. The standard InChI is InChI=1S/C27H44N4O8/c1-18(2)23(25(35)29-19(3)24(34)30-21-9-7-20(17-32)8-10-21)31-22(33)11-13-37-15-16-38-14-12-28-26(36)39-27(4,5)6/h7-10,18-19,23,32H,11-17H2,1-6H3,(H,28,36)(H,29,35)(H,30,34)(H,31,33)/t19-,23-/m0/s1. The summed E-state index contributed by atoms with van der Waals surface area (Å²) in [6.45, 7) is 11.7. The summed E-state index contributed by atoms with van der Waals surface area (Å²) in [5.74, 6) is -1.44. The Balaban J connectivity index is 2.29. The zero-order valence-corrected chi connectivity index (χ0v) is 23.8. The van der Waals surface area contributed by atoms with Gasteiger partial charge in [-0.2, -0.15) is 0 Å². The van der Waals surface area contributed by atoms with Gasteiger partial charge in [0, 0.05) is 18.7 Å². The molecule has 0 fully saturated rings. The van der Waals surface area contributed by atoms with Crippen molar-refractivity contribution in [3.05, 3.63) is 29.8 Å². The fraction of sp³-hybridized carbons (Fsp3) is 0.630. The summed E-state index contributed by atoms with van der Waals surface area (Å²) in [6, 6.07) is 5.04. The number of aliphatic hydroxyl groups is 1. The predicted octanol–water partition coefficient (Wildman–Crippen LogP) is 1.71. The summed E-state index contributed by atoms with van der Waals surface area (Å²) in [7, 11) is 0. The highest BCUT2D eigenvalue weighted by Crippen LogP contribution is 2.10. The van der Waals surface area contributed by atoms with E-state index in [-0.39, 0.29) is 38.1 Å². The molecular weight excluding hydrogens is 508 g/mol. The first kappa shape index (κ1) is 33.8. The average Bonchev–Trinajstić information content (AvgIpc) is 2.85. The van der Waals surface area contributed by atoms with Crippen molar-refractivity contribution in [2.45, 2.75) is 72.3 Å². The second-order valence-electron chi connectivity index (χ2n) is 10.3. The van der Waals surface area contributed by atoms with Gasteiger partial charge in [-0.3, -0.25) is 14.4 Å². The van der Waals surface area contributed by atoms with Gasteiger partial charge in [0.25, 0.3) is 0 Å². The van der Waals surface area contributed by atoms with Crippen LogP contribution in [-0.4, -0.2) is 79.6 Å². The van der Waals surface area contributed by atoms with Crippen LogP contribution in [-0.2, 0) is 35.2 Å². The number of alkyl carbamates (subject to hydrolysis) is 1. The Kier molecular flexibility index (Phi) is 15.1. The van der Waals surface area contributed by atoms with Gasteiger partial charge in [0.15, 0.2) is 0 Å². The molecule has 0 radical (unpaired) electrons. The molecule has 0 aliphatic heterocycles. The fourth-order valence-electron chi connectivity index (χ4n) is 3.12. The number of carbonyl (C=O) groups is 4. The lowest BCUT2D eigenvalue weighted by molar-refractivity contribution is -0.132. The maximum absolute atomic E-state index is 12.8. The molecule has 0 spiro atoms. The highest BCUT2D eigenvalue weighted by molar-refractivity contribution is 5.98. The van der Waals surface area contributed by atoms with Crippen molar-refractivity contribution < 1.29 is 38.5 Å². The molecule has 220 valence electrons. The van der Waals surface area contributed by atoms with Crippen LogP contribution in [0.5, 0.6) is 0 Å². The Labute approximate surface area is 230 Å². The van der Waals surface area contributed by atoms with Crippen molar-refractivity contribution in [3.63, 3.8) is 0 Å². The number of ether oxygens (including phenoxy) is 3. The number of hydrogen-bond acceptors (Lipinski definition) is 8. The Morgan fingerprint density at radius 1 is 0.872 bits per heavy atom. The average molecular weight is 553 g/mol. The molecule has 1 rings (SSSR count). The Bertz CT molecular complexity index is 915. The maximum Gasteiger partial charge on any atom is 0.407 e. The Morgan fingerprint density at radius 2 is 1.49 bits per heavy atom. The molecule has 12 heteroatoms. The molecule has 12 nitrogen and oxygen atoms in total. The molecule has 0 unspecified atom stereocenters. The number of amides is 4. The summed E-state index contributed by atoms with van der Waals surface area (Å²) in [5.41, 5.74) is 0.692. The topological polar surface area (TPSA) is 164 Å². The van der Waals surface area contributed by atoms with Gasteiger partial charge < -0.3 is 40.6 Å². The van der Waals surface area contributed by atoms with E-state index in [1.165, 1.54) is 0 Å². The van der Waals surface area contributed by atoms with Crippen LogP contribution in [0.3, 0.4) is 0 Å². The SMILES string of the molecule is CC(C)[C@H](NC(=O)CCOCCOCCNC(=O)OC(C)(C)C)C(=O)N[C@@H](C)C(=O)Nc1ccc(CO)cc1. The van der Waals surface area contributed by atoms with E-state index in [0.29, 0.717) is 31.0 Å². The minimum absolute atomic E-state index is 0.0522. The number of aliphatic hydroxyl groups excluding tert-OH is 1. The van der Waals surface area contributed by atoms with E-state index in [1.54, 1.807) is 65.8 Å². The molecule has 0 aliphatic rings. The first-order chi connectivity index (χ1) is 18.3. The van der Waals surface area contributed by atoms with Crippen LogP contribution in [0.4, 0.5) is 10.5 Å². The van der Waals surface area contributed by atoms with E-state index < -0.39 is 35.6 Å². The molecule has 2 atom stereocenters. The summed E-state index contributed by atoms with van der Waals surface area (Å²) in [6.07, 6.45) is -0.457. The molecule has 0 aromatic heterocycles. The molecule has 0 aliphatic carbocycles. The molecule has 4 amide bonds. The third-order valence-corrected chi connectivity index (χ3v) is 5.18. The zero-order chi connectivity index (χ0) is 29.4. The normalized spacial score (nSPS) is 12.8.